The minimum Gasteiger partial charge on any atom is -0.354 e. The molecule has 2 aromatic carbocycles. The predicted octanol–water partition coefficient (Wildman–Crippen LogP) is 3.45. The van der Waals surface area contributed by atoms with Crippen LogP contribution in [0.2, 0.25) is 0 Å². The minimum atomic E-state index is -3.78. The van der Waals surface area contributed by atoms with Gasteiger partial charge >= 0.3 is 0 Å². The van der Waals surface area contributed by atoms with Gasteiger partial charge in [-0.25, -0.2) is 17.2 Å². The van der Waals surface area contributed by atoms with Gasteiger partial charge in [0.05, 0.1) is 11.9 Å². The van der Waals surface area contributed by atoms with Gasteiger partial charge in [-0.1, -0.05) is 31.2 Å². The molecule has 1 atom stereocenters. The first-order valence-electron chi connectivity index (χ1n) is 11.1. The Labute approximate surface area is 199 Å². The molecule has 0 heterocycles. The van der Waals surface area contributed by atoms with Gasteiger partial charge in [-0.2, -0.15) is 0 Å². The molecule has 0 aliphatic carbocycles. The summed E-state index contributed by atoms with van der Waals surface area (Å²) in [4.78, 5) is 27.0. The third-order valence-electron chi connectivity index (χ3n) is 5.26. The van der Waals surface area contributed by atoms with E-state index in [4.69, 9.17) is 0 Å². The molecule has 7 nitrogen and oxygen atoms in total. The van der Waals surface area contributed by atoms with Crippen LogP contribution in [0.15, 0.2) is 48.5 Å². The van der Waals surface area contributed by atoms with Crippen molar-refractivity contribution in [2.45, 2.75) is 45.7 Å². The summed E-state index contributed by atoms with van der Waals surface area (Å²) in [5.74, 6) is -1.78. The number of benzene rings is 2. The molecule has 0 aromatic heterocycles. The largest absolute Gasteiger partial charge is 0.354 e. The second kappa shape index (κ2) is 12.5. The van der Waals surface area contributed by atoms with Gasteiger partial charge in [0, 0.05) is 26.1 Å². The fourth-order valence-corrected chi connectivity index (χ4v) is 4.37. The van der Waals surface area contributed by atoms with Crippen LogP contribution in [-0.2, 0) is 26.2 Å². The maximum Gasteiger partial charge on any atom is 0.242 e. The van der Waals surface area contributed by atoms with Crippen molar-refractivity contribution in [1.82, 2.24) is 10.2 Å². The van der Waals surface area contributed by atoms with Gasteiger partial charge in [-0.05, 0) is 49.6 Å². The van der Waals surface area contributed by atoms with E-state index in [9.17, 15) is 26.8 Å². The Kier molecular flexibility index (Phi) is 9.97. The Morgan fingerprint density at radius 2 is 1.71 bits per heavy atom. The summed E-state index contributed by atoms with van der Waals surface area (Å²) in [5, 5.41) is 2.76. The van der Waals surface area contributed by atoms with Crippen molar-refractivity contribution < 1.29 is 26.8 Å². The van der Waals surface area contributed by atoms with E-state index in [2.05, 4.69) is 5.32 Å². The lowest BCUT2D eigenvalue weighted by Crippen LogP contribution is -2.47. The van der Waals surface area contributed by atoms with E-state index in [0.29, 0.717) is 12.1 Å². The van der Waals surface area contributed by atoms with Crippen molar-refractivity contribution in [3.8, 4) is 0 Å². The summed E-state index contributed by atoms with van der Waals surface area (Å²) in [6.45, 7) is 3.97. The standard InChI is InChI=1S/C24H31F2N3O4S/c1-4-15-27-24(31)18(2)28(17-19-11-13-20(25)14-12-19)23(30)10-7-16-29(34(3,32)33)22-9-6-5-8-21(22)26/h5-6,8-9,11-14,18H,4,7,10,15-17H2,1-3H3,(H,27,31)/t18-/m1/s1. The highest BCUT2D eigenvalue weighted by atomic mass is 32.2. The predicted molar refractivity (Wildman–Crippen MR) is 128 cm³/mol. The molecule has 10 heteroatoms. The van der Waals surface area contributed by atoms with Crippen molar-refractivity contribution in [2.24, 2.45) is 0 Å². The zero-order valence-electron chi connectivity index (χ0n) is 19.6. The lowest BCUT2D eigenvalue weighted by atomic mass is 10.1. The summed E-state index contributed by atoms with van der Waals surface area (Å²) >= 11 is 0. The van der Waals surface area contributed by atoms with Crippen molar-refractivity contribution in [3.63, 3.8) is 0 Å². The number of hydrogen-bond acceptors (Lipinski definition) is 4. The molecule has 0 bridgehead atoms. The van der Waals surface area contributed by atoms with Gasteiger partial charge < -0.3 is 10.2 Å². The van der Waals surface area contributed by atoms with Gasteiger partial charge in [0.25, 0.3) is 0 Å². The van der Waals surface area contributed by atoms with E-state index in [1.807, 2.05) is 6.92 Å². The van der Waals surface area contributed by atoms with Crippen molar-refractivity contribution in [3.05, 3.63) is 65.7 Å². The average Bonchev–Trinajstić information content (AvgIpc) is 2.79. The number of amides is 2. The Bertz CT molecular complexity index is 1080. The first-order chi connectivity index (χ1) is 16.0. The molecule has 0 saturated carbocycles. The Morgan fingerprint density at radius 3 is 2.29 bits per heavy atom. The number of nitrogens with one attached hydrogen (secondary N) is 1. The minimum absolute atomic E-state index is 0.0624. The molecule has 0 saturated heterocycles. The van der Waals surface area contributed by atoms with E-state index in [-0.39, 0.29) is 43.4 Å². The molecule has 0 radical (unpaired) electrons. The van der Waals surface area contributed by atoms with Crippen molar-refractivity contribution >= 4 is 27.5 Å². The number of hydrogen-bond donors (Lipinski definition) is 1. The fourth-order valence-electron chi connectivity index (χ4n) is 3.40. The molecule has 0 aliphatic rings. The SMILES string of the molecule is CCCNC(=O)[C@@H](C)N(Cc1ccc(F)cc1)C(=O)CCCN(c1ccccc1F)S(C)(=O)=O. The van der Waals surface area contributed by atoms with Crippen molar-refractivity contribution in [2.75, 3.05) is 23.7 Å². The molecular weight excluding hydrogens is 464 g/mol. The molecule has 0 spiro atoms. The third-order valence-corrected chi connectivity index (χ3v) is 6.44. The maximum absolute atomic E-state index is 14.2. The number of rotatable bonds is 12. The van der Waals surface area contributed by atoms with Crippen molar-refractivity contribution in [1.29, 1.82) is 0 Å². The molecule has 2 aromatic rings. The maximum atomic E-state index is 14.2. The van der Waals surface area contributed by atoms with Crippen LogP contribution in [0.4, 0.5) is 14.5 Å². The smallest absolute Gasteiger partial charge is 0.242 e. The topological polar surface area (TPSA) is 86.8 Å². The molecule has 0 unspecified atom stereocenters. The van der Waals surface area contributed by atoms with E-state index >= 15 is 0 Å². The third kappa shape index (κ3) is 7.79. The van der Waals surface area contributed by atoms with Crippen LogP contribution < -0.4 is 9.62 Å². The molecule has 1 N–H and O–H groups in total. The van der Waals surface area contributed by atoms with Crippen LogP contribution in [-0.4, -0.2) is 50.5 Å². The van der Waals surface area contributed by atoms with E-state index in [0.717, 1.165) is 17.0 Å². The monoisotopic (exact) mass is 495 g/mol. The highest BCUT2D eigenvalue weighted by Crippen LogP contribution is 2.22. The highest BCUT2D eigenvalue weighted by Gasteiger charge is 2.27. The lowest BCUT2D eigenvalue weighted by molar-refractivity contribution is -0.140. The molecule has 0 aliphatic heterocycles. The second-order valence-corrected chi connectivity index (χ2v) is 9.91. The summed E-state index contributed by atoms with van der Waals surface area (Å²) < 4.78 is 52.9. The number of nitrogens with zero attached hydrogens (tertiary/aromatic N) is 2. The fraction of sp³-hybridized carbons (Fsp3) is 0.417. The zero-order chi connectivity index (χ0) is 25.3. The zero-order valence-corrected chi connectivity index (χ0v) is 20.4. The Morgan fingerprint density at radius 1 is 1.06 bits per heavy atom. The summed E-state index contributed by atoms with van der Waals surface area (Å²) in [6.07, 6.45) is 1.76. The van der Waals surface area contributed by atoms with Crippen LogP contribution in [0.1, 0.15) is 38.7 Å². The van der Waals surface area contributed by atoms with Gasteiger partial charge in [-0.15, -0.1) is 0 Å². The number of sulfonamides is 1. The number of anilines is 1. The average molecular weight is 496 g/mol. The van der Waals surface area contributed by atoms with Gasteiger partial charge in [0.15, 0.2) is 0 Å². The number of halogens is 2. The van der Waals surface area contributed by atoms with Gasteiger partial charge in [0.2, 0.25) is 21.8 Å². The second-order valence-electron chi connectivity index (χ2n) is 8.01. The first kappa shape index (κ1) is 27.2. The highest BCUT2D eigenvalue weighted by molar-refractivity contribution is 7.92. The molecule has 0 fully saturated rings. The van der Waals surface area contributed by atoms with Crippen LogP contribution in [0.5, 0.6) is 0 Å². The molecule has 2 rings (SSSR count). The normalized spacial score (nSPS) is 12.1. The van der Waals surface area contributed by atoms with Crippen LogP contribution in [0.3, 0.4) is 0 Å². The summed E-state index contributed by atoms with van der Waals surface area (Å²) in [6, 6.07) is 10.4. The van der Waals surface area contributed by atoms with Crippen LogP contribution in [0, 0.1) is 11.6 Å². The Hall–Kier alpha value is -3.01. The van der Waals surface area contributed by atoms with E-state index < -0.39 is 27.7 Å². The van der Waals surface area contributed by atoms with E-state index in [1.54, 1.807) is 6.92 Å². The molecule has 186 valence electrons. The molecule has 2 amide bonds. The lowest BCUT2D eigenvalue weighted by Gasteiger charge is -2.29. The number of para-hydroxylation sites is 1. The van der Waals surface area contributed by atoms with E-state index in [1.165, 1.54) is 53.4 Å². The quantitative estimate of drug-likeness (QED) is 0.489. The molecule has 34 heavy (non-hydrogen) atoms. The summed E-state index contributed by atoms with van der Waals surface area (Å²) in [5.41, 5.74) is 0.557. The van der Waals surface area contributed by atoms with Gasteiger partial charge in [-0.3, -0.25) is 13.9 Å². The first-order valence-corrected chi connectivity index (χ1v) is 12.9. The van der Waals surface area contributed by atoms with Gasteiger partial charge in [0.1, 0.15) is 17.7 Å². The number of carbonyl (C=O) groups is 2. The molecular formula is C24H31F2N3O4S. The summed E-state index contributed by atoms with van der Waals surface area (Å²) in [7, 11) is -3.78. The number of carbonyl (C=O) groups excluding carboxylic acids is 2. The Balaban J connectivity index is 2.15. The van der Waals surface area contributed by atoms with Crippen LogP contribution in [0.25, 0.3) is 0 Å². The van der Waals surface area contributed by atoms with Crippen LogP contribution >= 0.6 is 0 Å².